The Morgan fingerprint density at radius 1 is 1.08 bits per heavy atom. The van der Waals surface area contributed by atoms with Gasteiger partial charge in [-0.25, -0.2) is 0 Å². The van der Waals surface area contributed by atoms with Crippen molar-refractivity contribution in [3.05, 3.63) is 69.7 Å². The summed E-state index contributed by atoms with van der Waals surface area (Å²) in [7, 11) is 0. The second-order valence-electron chi connectivity index (χ2n) is 6.27. The molecule has 0 aromatic heterocycles. The van der Waals surface area contributed by atoms with Crippen LogP contribution in [0.25, 0.3) is 0 Å². The molecule has 0 radical (unpaired) electrons. The zero-order valence-corrected chi connectivity index (χ0v) is 16.6. The minimum atomic E-state index is -0.113. The molecule has 2 aromatic rings. The maximum Gasteiger partial charge on any atom is 0.0937 e. The Morgan fingerprint density at radius 3 is 2.40 bits per heavy atom. The third-order valence-corrected chi connectivity index (χ3v) is 5.50. The van der Waals surface area contributed by atoms with Crippen LogP contribution in [0.1, 0.15) is 37.0 Å². The number of rotatable bonds is 5. The van der Waals surface area contributed by atoms with Crippen molar-refractivity contribution in [2.75, 3.05) is 19.7 Å². The Kier molecular flexibility index (Phi) is 7.60. The van der Waals surface area contributed by atoms with Gasteiger partial charge in [-0.05, 0) is 56.6 Å². The molecule has 3 rings (SSSR count). The van der Waals surface area contributed by atoms with E-state index in [1.807, 2.05) is 25.1 Å². The lowest BCUT2D eigenvalue weighted by Gasteiger charge is -2.44. The molecule has 136 valence electrons. The van der Waals surface area contributed by atoms with E-state index >= 15 is 0 Å². The first kappa shape index (κ1) is 20.5. The highest BCUT2D eigenvalue weighted by molar-refractivity contribution is 6.33. The summed E-state index contributed by atoms with van der Waals surface area (Å²) in [4.78, 5) is 0. The summed E-state index contributed by atoms with van der Waals surface area (Å²) in [6.07, 6.45) is 1.90. The van der Waals surface area contributed by atoms with Gasteiger partial charge in [-0.15, -0.1) is 12.4 Å². The fourth-order valence-electron chi connectivity index (χ4n) is 3.77. The highest BCUT2D eigenvalue weighted by Gasteiger charge is 2.43. The lowest BCUT2D eigenvalue weighted by molar-refractivity contribution is -0.0130. The highest BCUT2D eigenvalue weighted by atomic mass is 35.5. The van der Waals surface area contributed by atoms with Crippen LogP contribution in [-0.4, -0.2) is 19.7 Å². The minimum absolute atomic E-state index is 0. The molecular weight excluding hydrogens is 377 g/mol. The standard InChI is InChI=1S/C20H23Cl2NO.ClH/c1-2-24-19(17-14-16(21)8-9-18(17)22)20(10-12-23-13-11-20)15-6-4-3-5-7-15;/h3-9,14,19,23H,2,10-13H2,1H3;1H. The molecule has 0 bridgehead atoms. The van der Waals surface area contributed by atoms with Crippen molar-refractivity contribution < 1.29 is 4.74 Å². The van der Waals surface area contributed by atoms with Gasteiger partial charge >= 0.3 is 0 Å². The van der Waals surface area contributed by atoms with Gasteiger partial charge in [0.1, 0.15) is 0 Å². The van der Waals surface area contributed by atoms with Crippen molar-refractivity contribution in [2.45, 2.75) is 31.3 Å². The average molecular weight is 401 g/mol. The summed E-state index contributed by atoms with van der Waals surface area (Å²) in [6, 6.07) is 16.3. The molecule has 2 nitrogen and oxygen atoms in total. The molecule has 0 spiro atoms. The van der Waals surface area contributed by atoms with Crippen LogP contribution in [0.4, 0.5) is 0 Å². The molecule has 0 amide bonds. The van der Waals surface area contributed by atoms with Crippen LogP contribution < -0.4 is 5.32 Å². The van der Waals surface area contributed by atoms with Gasteiger partial charge in [0.2, 0.25) is 0 Å². The Morgan fingerprint density at radius 2 is 1.76 bits per heavy atom. The molecule has 0 saturated carbocycles. The SMILES string of the molecule is CCOC(c1cc(Cl)ccc1Cl)C1(c2ccccc2)CCNCC1.Cl. The molecule has 1 N–H and O–H groups in total. The van der Waals surface area contributed by atoms with Crippen LogP contribution in [0.2, 0.25) is 10.0 Å². The molecule has 1 saturated heterocycles. The van der Waals surface area contributed by atoms with E-state index in [1.54, 1.807) is 0 Å². The van der Waals surface area contributed by atoms with Gasteiger partial charge in [-0.1, -0.05) is 53.5 Å². The first-order valence-corrected chi connectivity index (χ1v) is 9.26. The Labute approximate surface area is 166 Å². The second-order valence-corrected chi connectivity index (χ2v) is 7.12. The van der Waals surface area contributed by atoms with Gasteiger partial charge in [-0.2, -0.15) is 0 Å². The Balaban J connectivity index is 0.00000225. The predicted molar refractivity (Wildman–Crippen MR) is 108 cm³/mol. The van der Waals surface area contributed by atoms with Crippen LogP contribution in [0.3, 0.4) is 0 Å². The van der Waals surface area contributed by atoms with E-state index in [1.165, 1.54) is 5.56 Å². The van der Waals surface area contributed by atoms with Crippen molar-refractivity contribution in [1.82, 2.24) is 5.32 Å². The first-order valence-electron chi connectivity index (χ1n) is 8.50. The van der Waals surface area contributed by atoms with E-state index in [9.17, 15) is 0 Å². The Bertz CT molecular complexity index is 672. The zero-order valence-electron chi connectivity index (χ0n) is 14.3. The van der Waals surface area contributed by atoms with Crippen LogP contribution in [0.15, 0.2) is 48.5 Å². The van der Waals surface area contributed by atoms with Crippen LogP contribution >= 0.6 is 35.6 Å². The van der Waals surface area contributed by atoms with E-state index in [4.69, 9.17) is 27.9 Å². The average Bonchev–Trinajstić information content (AvgIpc) is 2.63. The number of halogens is 3. The third-order valence-electron chi connectivity index (χ3n) is 4.92. The molecule has 1 unspecified atom stereocenters. The monoisotopic (exact) mass is 399 g/mol. The van der Waals surface area contributed by atoms with Crippen LogP contribution in [0, 0.1) is 0 Å². The number of benzene rings is 2. The third kappa shape index (κ3) is 4.32. The molecule has 5 heteroatoms. The van der Waals surface area contributed by atoms with E-state index in [-0.39, 0.29) is 23.9 Å². The summed E-state index contributed by atoms with van der Waals surface area (Å²) >= 11 is 12.8. The van der Waals surface area contributed by atoms with E-state index < -0.39 is 0 Å². The fraction of sp³-hybridized carbons (Fsp3) is 0.400. The number of hydrogen-bond acceptors (Lipinski definition) is 2. The van der Waals surface area contributed by atoms with E-state index in [0.29, 0.717) is 16.7 Å². The topological polar surface area (TPSA) is 21.3 Å². The largest absolute Gasteiger partial charge is 0.373 e. The molecule has 1 fully saturated rings. The quantitative estimate of drug-likeness (QED) is 0.683. The van der Waals surface area contributed by atoms with Crippen molar-refractivity contribution >= 4 is 35.6 Å². The van der Waals surface area contributed by atoms with Crippen molar-refractivity contribution in [3.8, 4) is 0 Å². The fourth-order valence-corrected chi connectivity index (χ4v) is 4.17. The zero-order chi connectivity index (χ0) is 17.0. The maximum atomic E-state index is 6.54. The number of nitrogens with one attached hydrogen (secondary N) is 1. The summed E-state index contributed by atoms with van der Waals surface area (Å²) in [6.45, 7) is 4.61. The molecule has 25 heavy (non-hydrogen) atoms. The van der Waals surface area contributed by atoms with Gasteiger partial charge in [0, 0.05) is 27.6 Å². The molecule has 1 atom stereocenters. The van der Waals surface area contributed by atoms with Gasteiger partial charge < -0.3 is 10.1 Å². The van der Waals surface area contributed by atoms with Gasteiger partial charge in [0.25, 0.3) is 0 Å². The first-order chi connectivity index (χ1) is 11.7. The summed E-state index contributed by atoms with van der Waals surface area (Å²) in [5, 5.41) is 4.87. The molecule has 1 aliphatic rings. The molecule has 1 heterocycles. The molecular formula is C20H24Cl3NO. The van der Waals surface area contributed by atoms with Gasteiger partial charge in [0.05, 0.1) is 6.10 Å². The smallest absolute Gasteiger partial charge is 0.0937 e. The van der Waals surface area contributed by atoms with E-state index in [2.05, 4.69) is 35.6 Å². The van der Waals surface area contributed by atoms with Crippen molar-refractivity contribution in [3.63, 3.8) is 0 Å². The Hall–Kier alpha value is -0.770. The second kappa shape index (κ2) is 9.25. The number of piperidine rings is 1. The lowest BCUT2D eigenvalue weighted by atomic mass is 9.67. The van der Waals surface area contributed by atoms with Crippen LogP contribution in [-0.2, 0) is 10.2 Å². The molecule has 1 aliphatic heterocycles. The van der Waals surface area contributed by atoms with Gasteiger partial charge in [-0.3, -0.25) is 0 Å². The van der Waals surface area contributed by atoms with Crippen molar-refractivity contribution in [2.24, 2.45) is 0 Å². The highest BCUT2D eigenvalue weighted by Crippen LogP contribution is 2.48. The van der Waals surface area contributed by atoms with Crippen molar-refractivity contribution in [1.29, 1.82) is 0 Å². The summed E-state index contributed by atoms with van der Waals surface area (Å²) in [5.41, 5.74) is 2.19. The van der Waals surface area contributed by atoms with Crippen LogP contribution in [0.5, 0.6) is 0 Å². The lowest BCUT2D eigenvalue weighted by Crippen LogP contribution is -2.45. The molecule has 0 aliphatic carbocycles. The minimum Gasteiger partial charge on any atom is -0.373 e. The number of ether oxygens (including phenoxy) is 1. The normalized spacial score (nSPS) is 17.6. The summed E-state index contributed by atoms with van der Waals surface area (Å²) in [5.74, 6) is 0. The van der Waals surface area contributed by atoms with Gasteiger partial charge in [0.15, 0.2) is 0 Å². The maximum absolute atomic E-state index is 6.54. The predicted octanol–water partition coefficient (Wildman–Crippen LogP) is 5.81. The number of hydrogen-bond donors (Lipinski definition) is 1. The summed E-state index contributed by atoms with van der Waals surface area (Å²) < 4.78 is 6.29. The van der Waals surface area contributed by atoms with E-state index in [0.717, 1.165) is 31.5 Å². The molecule has 2 aromatic carbocycles.